The fourth-order valence-corrected chi connectivity index (χ4v) is 2.16. The molecule has 0 radical (unpaired) electrons. The number of aromatic nitrogens is 2. The van der Waals surface area contributed by atoms with E-state index in [0.717, 1.165) is 18.5 Å². The van der Waals surface area contributed by atoms with E-state index >= 15 is 0 Å². The van der Waals surface area contributed by atoms with Gasteiger partial charge in [-0.2, -0.15) is 5.10 Å². The molecule has 0 unspecified atom stereocenters. The minimum Gasteiger partial charge on any atom is -0.330 e. The molecule has 0 amide bonds. The predicted octanol–water partition coefficient (Wildman–Crippen LogP) is 2.24. The van der Waals surface area contributed by atoms with E-state index in [1.54, 1.807) is 0 Å². The van der Waals surface area contributed by atoms with Crippen molar-refractivity contribution in [2.24, 2.45) is 5.73 Å². The van der Waals surface area contributed by atoms with Crippen LogP contribution in [0.1, 0.15) is 23.7 Å². The number of nitrogens with two attached hydrogens (primary N) is 1. The summed E-state index contributed by atoms with van der Waals surface area (Å²) in [5.41, 5.74) is 10.6. The largest absolute Gasteiger partial charge is 0.330 e. The second-order valence-electron chi connectivity index (χ2n) is 4.21. The standard InChI is InChI=1S/C14H19N3/c1-3-13-12(8-9-15)10-16-17(13)14-7-5-4-6-11(14)2/h4-7,10H,3,8-9,15H2,1-2H3. The number of aryl methyl sites for hydroxylation is 1. The van der Waals surface area contributed by atoms with E-state index in [1.807, 2.05) is 16.9 Å². The van der Waals surface area contributed by atoms with E-state index in [-0.39, 0.29) is 0 Å². The van der Waals surface area contributed by atoms with Crippen LogP contribution in [0.2, 0.25) is 0 Å². The maximum atomic E-state index is 5.62. The Morgan fingerprint density at radius 2 is 2.06 bits per heavy atom. The Hall–Kier alpha value is -1.61. The molecule has 0 saturated carbocycles. The minimum absolute atomic E-state index is 0.673. The van der Waals surface area contributed by atoms with Crippen LogP contribution < -0.4 is 5.73 Å². The first-order valence-electron chi connectivity index (χ1n) is 6.09. The molecule has 0 aliphatic heterocycles. The Morgan fingerprint density at radius 3 is 2.71 bits per heavy atom. The van der Waals surface area contributed by atoms with Crippen LogP contribution in [0.15, 0.2) is 30.5 Å². The lowest BCUT2D eigenvalue weighted by molar-refractivity contribution is 0.800. The van der Waals surface area contributed by atoms with Gasteiger partial charge < -0.3 is 5.73 Å². The Labute approximate surface area is 102 Å². The Balaban J connectivity index is 2.49. The fourth-order valence-electron chi connectivity index (χ4n) is 2.16. The summed E-state index contributed by atoms with van der Waals surface area (Å²) in [4.78, 5) is 0. The van der Waals surface area contributed by atoms with E-state index in [2.05, 4.69) is 37.1 Å². The molecule has 0 spiro atoms. The molecule has 0 aliphatic rings. The molecular weight excluding hydrogens is 210 g/mol. The van der Waals surface area contributed by atoms with Gasteiger partial charge in [-0.3, -0.25) is 0 Å². The van der Waals surface area contributed by atoms with Crippen LogP contribution in [0.5, 0.6) is 0 Å². The van der Waals surface area contributed by atoms with E-state index in [9.17, 15) is 0 Å². The van der Waals surface area contributed by atoms with Crippen LogP contribution in [0.3, 0.4) is 0 Å². The van der Waals surface area contributed by atoms with Crippen molar-refractivity contribution in [2.75, 3.05) is 6.54 Å². The van der Waals surface area contributed by atoms with Crippen molar-refractivity contribution in [3.05, 3.63) is 47.3 Å². The summed E-state index contributed by atoms with van der Waals surface area (Å²) in [7, 11) is 0. The highest BCUT2D eigenvalue weighted by Gasteiger charge is 2.10. The van der Waals surface area contributed by atoms with Gasteiger partial charge >= 0.3 is 0 Å². The summed E-state index contributed by atoms with van der Waals surface area (Å²) in [5, 5.41) is 4.50. The van der Waals surface area contributed by atoms with Crippen LogP contribution in [0.25, 0.3) is 5.69 Å². The molecule has 3 nitrogen and oxygen atoms in total. The first-order valence-corrected chi connectivity index (χ1v) is 6.09. The molecule has 1 heterocycles. The summed E-state index contributed by atoms with van der Waals surface area (Å²) in [5.74, 6) is 0. The topological polar surface area (TPSA) is 43.8 Å². The maximum Gasteiger partial charge on any atom is 0.0678 e. The monoisotopic (exact) mass is 229 g/mol. The lowest BCUT2D eigenvalue weighted by Gasteiger charge is -2.10. The molecule has 1 aromatic heterocycles. The van der Waals surface area contributed by atoms with E-state index in [1.165, 1.54) is 16.8 Å². The van der Waals surface area contributed by atoms with Crippen LogP contribution in [-0.2, 0) is 12.8 Å². The Bertz CT molecular complexity index is 500. The van der Waals surface area contributed by atoms with Gasteiger partial charge in [0, 0.05) is 5.69 Å². The van der Waals surface area contributed by atoms with E-state index < -0.39 is 0 Å². The van der Waals surface area contributed by atoms with Crippen LogP contribution in [-0.4, -0.2) is 16.3 Å². The molecule has 0 saturated heterocycles. The van der Waals surface area contributed by atoms with Crippen LogP contribution in [0.4, 0.5) is 0 Å². The third-order valence-corrected chi connectivity index (χ3v) is 3.05. The van der Waals surface area contributed by atoms with Gasteiger partial charge in [0.05, 0.1) is 11.9 Å². The zero-order valence-electron chi connectivity index (χ0n) is 10.5. The molecule has 90 valence electrons. The molecule has 3 heteroatoms. The second kappa shape index (κ2) is 5.15. The van der Waals surface area contributed by atoms with Crippen molar-refractivity contribution in [1.29, 1.82) is 0 Å². The molecule has 0 bridgehead atoms. The lowest BCUT2D eigenvalue weighted by Crippen LogP contribution is -2.07. The number of nitrogens with zero attached hydrogens (tertiary/aromatic N) is 2. The smallest absolute Gasteiger partial charge is 0.0678 e. The van der Waals surface area contributed by atoms with Crippen LogP contribution in [0, 0.1) is 6.92 Å². The Morgan fingerprint density at radius 1 is 1.29 bits per heavy atom. The van der Waals surface area contributed by atoms with E-state index in [0.29, 0.717) is 6.54 Å². The highest BCUT2D eigenvalue weighted by Crippen LogP contribution is 2.18. The molecule has 2 N–H and O–H groups in total. The van der Waals surface area contributed by atoms with Gasteiger partial charge in [-0.1, -0.05) is 25.1 Å². The number of para-hydroxylation sites is 1. The molecule has 0 aliphatic carbocycles. The second-order valence-corrected chi connectivity index (χ2v) is 4.21. The molecule has 1 aromatic carbocycles. The average Bonchev–Trinajstić information content (AvgIpc) is 2.73. The molecular formula is C14H19N3. The van der Waals surface area contributed by atoms with Crippen molar-refractivity contribution in [3.8, 4) is 5.69 Å². The predicted molar refractivity (Wildman–Crippen MR) is 70.4 cm³/mol. The third-order valence-electron chi connectivity index (χ3n) is 3.05. The molecule has 0 atom stereocenters. The van der Waals surface area contributed by atoms with Crippen molar-refractivity contribution >= 4 is 0 Å². The van der Waals surface area contributed by atoms with Crippen molar-refractivity contribution in [1.82, 2.24) is 9.78 Å². The molecule has 0 fully saturated rings. The quantitative estimate of drug-likeness (QED) is 0.873. The number of benzene rings is 1. The average molecular weight is 229 g/mol. The van der Waals surface area contributed by atoms with E-state index in [4.69, 9.17) is 5.73 Å². The first kappa shape index (κ1) is 11.9. The zero-order chi connectivity index (χ0) is 12.3. The fraction of sp³-hybridized carbons (Fsp3) is 0.357. The number of rotatable bonds is 4. The molecule has 2 aromatic rings. The summed E-state index contributed by atoms with van der Waals surface area (Å²) in [6.07, 6.45) is 3.82. The van der Waals surface area contributed by atoms with Gasteiger partial charge in [0.1, 0.15) is 0 Å². The summed E-state index contributed by atoms with van der Waals surface area (Å²) in [6, 6.07) is 8.31. The highest BCUT2D eigenvalue weighted by molar-refractivity contribution is 5.41. The summed E-state index contributed by atoms with van der Waals surface area (Å²) < 4.78 is 2.04. The van der Waals surface area contributed by atoms with Gasteiger partial charge in [-0.15, -0.1) is 0 Å². The first-order chi connectivity index (χ1) is 8.27. The minimum atomic E-state index is 0.673. The van der Waals surface area contributed by atoms with Gasteiger partial charge in [0.15, 0.2) is 0 Å². The van der Waals surface area contributed by atoms with Crippen molar-refractivity contribution in [2.45, 2.75) is 26.7 Å². The normalized spacial score (nSPS) is 10.8. The van der Waals surface area contributed by atoms with Crippen LogP contribution >= 0.6 is 0 Å². The van der Waals surface area contributed by atoms with Gasteiger partial charge in [-0.05, 0) is 43.5 Å². The molecule has 2 rings (SSSR count). The number of hydrogen-bond donors (Lipinski definition) is 1. The van der Waals surface area contributed by atoms with Crippen molar-refractivity contribution in [3.63, 3.8) is 0 Å². The number of hydrogen-bond acceptors (Lipinski definition) is 2. The zero-order valence-corrected chi connectivity index (χ0v) is 10.5. The maximum absolute atomic E-state index is 5.62. The highest BCUT2D eigenvalue weighted by atomic mass is 15.3. The summed E-state index contributed by atoms with van der Waals surface area (Å²) in [6.45, 7) is 4.94. The lowest BCUT2D eigenvalue weighted by atomic mass is 10.1. The van der Waals surface area contributed by atoms with Gasteiger partial charge in [0.2, 0.25) is 0 Å². The van der Waals surface area contributed by atoms with Crippen molar-refractivity contribution < 1.29 is 0 Å². The van der Waals surface area contributed by atoms with Gasteiger partial charge in [-0.25, -0.2) is 4.68 Å². The summed E-state index contributed by atoms with van der Waals surface area (Å²) >= 11 is 0. The SMILES string of the molecule is CCc1c(CCN)cnn1-c1ccccc1C. The Kier molecular flexibility index (Phi) is 3.59. The molecule has 17 heavy (non-hydrogen) atoms. The third kappa shape index (κ3) is 2.24. The van der Waals surface area contributed by atoms with Gasteiger partial charge in [0.25, 0.3) is 0 Å².